The number of hydrogen-bond acceptors (Lipinski definition) is 4. The van der Waals surface area contributed by atoms with Gasteiger partial charge >= 0.3 is 6.09 Å². The van der Waals surface area contributed by atoms with E-state index in [1.54, 1.807) is 0 Å². The SMILES string of the molecule is CN=C(NCCC1CCCN(C(=O)OC(C)(C)C)C1)NC1CCN(c2ccccc2)CC1.I. The Morgan fingerprint density at radius 2 is 1.82 bits per heavy atom. The van der Waals surface area contributed by atoms with E-state index < -0.39 is 5.60 Å². The summed E-state index contributed by atoms with van der Waals surface area (Å²) in [5.74, 6) is 1.37. The fourth-order valence-corrected chi connectivity index (χ4v) is 4.50. The second kappa shape index (κ2) is 13.2. The highest BCUT2D eigenvalue weighted by atomic mass is 127. The number of carbonyl (C=O) groups is 1. The number of likely N-dealkylation sites (tertiary alicyclic amines) is 1. The summed E-state index contributed by atoms with van der Waals surface area (Å²) < 4.78 is 5.54. The number of nitrogens with zero attached hydrogens (tertiary/aromatic N) is 3. The number of nitrogens with one attached hydrogen (secondary N) is 2. The summed E-state index contributed by atoms with van der Waals surface area (Å²) >= 11 is 0. The van der Waals surface area contributed by atoms with Gasteiger partial charge < -0.3 is 25.2 Å². The summed E-state index contributed by atoms with van der Waals surface area (Å²) in [6.45, 7) is 10.3. The number of carbonyl (C=O) groups excluding carboxylic acids is 1. The minimum absolute atomic E-state index is 0. The fraction of sp³-hybridized carbons (Fsp3) is 0.680. The molecule has 186 valence electrons. The van der Waals surface area contributed by atoms with Crippen LogP contribution >= 0.6 is 24.0 Å². The molecule has 0 saturated carbocycles. The number of piperidine rings is 2. The summed E-state index contributed by atoms with van der Waals surface area (Å²) in [6, 6.07) is 11.1. The topological polar surface area (TPSA) is 69.2 Å². The summed E-state index contributed by atoms with van der Waals surface area (Å²) in [5.41, 5.74) is 0.863. The molecule has 2 saturated heterocycles. The van der Waals surface area contributed by atoms with E-state index in [2.05, 4.69) is 50.9 Å². The summed E-state index contributed by atoms with van der Waals surface area (Å²) in [7, 11) is 1.83. The molecule has 8 heteroatoms. The van der Waals surface area contributed by atoms with Gasteiger partial charge in [-0.3, -0.25) is 4.99 Å². The first-order valence-corrected chi connectivity index (χ1v) is 12.1. The van der Waals surface area contributed by atoms with Crippen LogP contribution in [0, 0.1) is 5.92 Å². The normalized spacial score (nSPS) is 20.1. The Morgan fingerprint density at radius 3 is 2.45 bits per heavy atom. The number of benzene rings is 1. The van der Waals surface area contributed by atoms with Crippen LogP contribution in [0.3, 0.4) is 0 Å². The number of hydrogen-bond donors (Lipinski definition) is 2. The second-order valence-corrected chi connectivity index (χ2v) is 9.96. The zero-order valence-electron chi connectivity index (χ0n) is 20.7. The van der Waals surface area contributed by atoms with Crippen LogP contribution in [0.1, 0.15) is 52.9 Å². The number of ether oxygens (including phenoxy) is 1. The Kier molecular flexibility index (Phi) is 11.1. The predicted octanol–water partition coefficient (Wildman–Crippen LogP) is 4.48. The van der Waals surface area contributed by atoms with Crippen LogP contribution in [0.2, 0.25) is 0 Å². The number of aliphatic imine (C=N–C) groups is 1. The molecule has 2 fully saturated rings. The summed E-state index contributed by atoms with van der Waals surface area (Å²) in [4.78, 5) is 21.1. The average Bonchev–Trinajstić information content (AvgIpc) is 2.78. The van der Waals surface area contributed by atoms with Crippen molar-refractivity contribution in [3.63, 3.8) is 0 Å². The van der Waals surface area contributed by atoms with Crippen molar-refractivity contribution in [1.82, 2.24) is 15.5 Å². The quantitative estimate of drug-likeness (QED) is 0.310. The van der Waals surface area contributed by atoms with Crippen LogP contribution in [0.25, 0.3) is 0 Å². The molecule has 2 N–H and O–H groups in total. The first kappa shape index (κ1) is 27.5. The van der Waals surface area contributed by atoms with Crippen molar-refractivity contribution >= 4 is 41.7 Å². The van der Waals surface area contributed by atoms with E-state index in [4.69, 9.17) is 4.74 Å². The van der Waals surface area contributed by atoms with Gasteiger partial charge in [0.2, 0.25) is 0 Å². The second-order valence-electron chi connectivity index (χ2n) is 9.96. The lowest BCUT2D eigenvalue weighted by molar-refractivity contribution is 0.0162. The molecular weight excluding hydrogens is 529 g/mol. The molecule has 0 spiro atoms. The minimum atomic E-state index is -0.443. The first-order chi connectivity index (χ1) is 15.3. The maximum absolute atomic E-state index is 12.4. The van der Waals surface area contributed by atoms with Gasteiger partial charge in [0.05, 0.1) is 0 Å². The third-order valence-corrected chi connectivity index (χ3v) is 6.20. The zero-order valence-corrected chi connectivity index (χ0v) is 23.0. The van der Waals surface area contributed by atoms with Gasteiger partial charge in [-0.05, 0) is 70.9 Å². The van der Waals surface area contributed by atoms with Crippen LogP contribution in [0.4, 0.5) is 10.5 Å². The van der Waals surface area contributed by atoms with Crippen molar-refractivity contribution in [3.05, 3.63) is 30.3 Å². The monoisotopic (exact) mass is 571 g/mol. The van der Waals surface area contributed by atoms with E-state index in [-0.39, 0.29) is 30.1 Å². The standard InChI is InChI=1S/C25H41N5O2.HI/c1-25(2,3)32-24(31)30-16-8-9-20(19-30)12-15-27-23(26-4)28-21-13-17-29(18-14-21)22-10-6-5-7-11-22;/h5-7,10-11,20-21H,8-9,12-19H2,1-4H3,(H2,26,27,28);1H. The average molecular weight is 572 g/mol. The van der Waals surface area contributed by atoms with Crippen molar-refractivity contribution in [3.8, 4) is 0 Å². The highest BCUT2D eigenvalue weighted by Crippen LogP contribution is 2.22. The lowest BCUT2D eigenvalue weighted by Crippen LogP contribution is -2.49. The molecule has 2 aliphatic rings. The molecule has 1 aromatic rings. The van der Waals surface area contributed by atoms with Crippen LogP contribution in [0.5, 0.6) is 0 Å². The van der Waals surface area contributed by atoms with Crippen LogP contribution in [-0.2, 0) is 4.74 Å². The predicted molar refractivity (Wildman–Crippen MR) is 147 cm³/mol. The molecule has 0 aromatic heterocycles. The lowest BCUT2D eigenvalue weighted by atomic mass is 9.95. The summed E-state index contributed by atoms with van der Waals surface area (Å²) in [5, 5.41) is 7.08. The van der Waals surface area contributed by atoms with Crippen molar-refractivity contribution in [2.24, 2.45) is 10.9 Å². The van der Waals surface area contributed by atoms with Crippen molar-refractivity contribution in [2.45, 2.75) is 64.5 Å². The van der Waals surface area contributed by atoms with Gasteiger partial charge in [0.15, 0.2) is 5.96 Å². The smallest absolute Gasteiger partial charge is 0.410 e. The molecule has 1 amide bonds. The Bertz CT molecular complexity index is 745. The number of amides is 1. The number of para-hydroxylation sites is 1. The van der Waals surface area contributed by atoms with Crippen LogP contribution in [-0.4, -0.2) is 68.4 Å². The number of rotatable bonds is 5. The van der Waals surface area contributed by atoms with E-state index in [0.717, 1.165) is 70.8 Å². The minimum Gasteiger partial charge on any atom is -0.444 e. The van der Waals surface area contributed by atoms with Crippen molar-refractivity contribution in [1.29, 1.82) is 0 Å². The number of anilines is 1. The molecule has 2 heterocycles. The van der Waals surface area contributed by atoms with E-state index in [1.807, 2.05) is 32.7 Å². The number of guanidine groups is 1. The molecule has 3 rings (SSSR count). The maximum atomic E-state index is 12.4. The molecule has 1 aromatic carbocycles. The number of halogens is 1. The van der Waals surface area contributed by atoms with Crippen LogP contribution < -0.4 is 15.5 Å². The van der Waals surface area contributed by atoms with Gasteiger partial charge in [-0.25, -0.2) is 4.79 Å². The van der Waals surface area contributed by atoms with E-state index in [9.17, 15) is 4.79 Å². The van der Waals surface area contributed by atoms with Gasteiger partial charge in [-0.2, -0.15) is 0 Å². The molecule has 0 bridgehead atoms. The molecule has 2 aliphatic heterocycles. The third-order valence-electron chi connectivity index (χ3n) is 6.20. The maximum Gasteiger partial charge on any atom is 0.410 e. The molecule has 1 unspecified atom stereocenters. The molecule has 0 radical (unpaired) electrons. The largest absolute Gasteiger partial charge is 0.444 e. The Balaban J connectivity index is 0.00000385. The summed E-state index contributed by atoms with van der Waals surface area (Å²) in [6.07, 6.45) is 5.23. The molecular formula is C25H42IN5O2. The van der Waals surface area contributed by atoms with Crippen LogP contribution in [0.15, 0.2) is 35.3 Å². The molecule has 33 heavy (non-hydrogen) atoms. The highest BCUT2D eigenvalue weighted by molar-refractivity contribution is 14.0. The third kappa shape index (κ3) is 9.22. The van der Waals surface area contributed by atoms with Gasteiger partial charge in [0, 0.05) is 51.5 Å². The Labute approximate surface area is 216 Å². The van der Waals surface area contributed by atoms with Gasteiger partial charge in [-0.15, -0.1) is 24.0 Å². The van der Waals surface area contributed by atoms with Gasteiger partial charge in [-0.1, -0.05) is 18.2 Å². The Hall–Kier alpha value is -1.71. The molecule has 1 atom stereocenters. The van der Waals surface area contributed by atoms with E-state index in [0.29, 0.717) is 12.0 Å². The van der Waals surface area contributed by atoms with Crippen molar-refractivity contribution in [2.75, 3.05) is 44.7 Å². The highest BCUT2D eigenvalue weighted by Gasteiger charge is 2.27. The van der Waals surface area contributed by atoms with Crippen molar-refractivity contribution < 1.29 is 9.53 Å². The molecule has 0 aliphatic carbocycles. The van der Waals surface area contributed by atoms with E-state index >= 15 is 0 Å². The van der Waals surface area contributed by atoms with E-state index in [1.165, 1.54) is 5.69 Å². The van der Waals surface area contributed by atoms with Gasteiger partial charge in [0.25, 0.3) is 0 Å². The zero-order chi connectivity index (χ0) is 23.0. The lowest BCUT2D eigenvalue weighted by Gasteiger charge is -2.35. The molecule has 7 nitrogen and oxygen atoms in total. The Morgan fingerprint density at radius 1 is 1.12 bits per heavy atom. The fourth-order valence-electron chi connectivity index (χ4n) is 4.50. The first-order valence-electron chi connectivity index (χ1n) is 12.1. The van der Waals surface area contributed by atoms with Gasteiger partial charge in [0.1, 0.15) is 5.60 Å².